The summed E-state index contributed by atoms with van der Waals surface area (Å²) in [6, 6.07) is 5.67. The second-order valence-corrected chi connectivity index (χ2v) is 5.23. The van der Waals surface area contributed by atoms with Gasteiger partial charge in [0.05, 0.1) is 0 Å². The molecule has 0 spiro atoms. The number of rotatable bonds is 5. The Kier molecular flexibility index (Phi) is 4.61. The summed E-state index contributed by atoms with van der Waals surface area (Å²) in [6.45, 7) is 6.22. The van der Waals surface area contributed by atoms with E-state index in [2.05, 4.69) is 10.2 Å². The molecule has 1 aliphatic heterocycles. The van der Waals surface area contributed by atoms with E-state index < -0.39 is 0 Å². The lowest BCUT2D eigenvalue weighted by atomic mass is 10.1. The maximum Gasteiger partial charge on any atom is 0.0433 e. The number of likely N-dealkylation sites (tertiary alicyclic amines) is 1. The van der Waals surface area contributed by atoms with Crippen molar-refractivity contribution in [1.82, 2.24) is 4.90 Å². The third-order valence-electron chi connectivity index (χ3n) is 3.33. The number of hydrogen-bond donors (Lipinski definition) is 2. The van der Waals surface area contributed by atoms with Crippen LogP contribution in [-0.2, 0) is 0 Å². The first kappa shape index (κ1) is 13.4. The van der Waals surface area contributed by atoms with Crippen molar-refractivity contribution in [3.63, 3.8) is 0 Å². The predicted octanol–water partition coefficient (Wildman–Crippen LogP) is 3.24. The largest absolute Gasteiger partial charge is 0.383 e. The standard InChI is InChI=1S/C14H20ClN3/c1-11(16)13-10-12(15)4-5-14(13)17-6-9-18-7-2-3-8-18/h4-5,10,16-17H,2-3,6-9H2,1H3. The molecule has 0 aromatic heterocycles. The van der Waals surface area contributed by atoms with E-state index in [4.69, 9.17) is 17.0 Å². The summed E-state index contributed by atoms with van der Waals surface area (Å²) < 4.78 is 0. The highest BCUT2D eigenvalue weighted by molar-refractivity contribution is 6.31. The third kappa shape index (κ3) is 3.47. The van der Waals surface area contributed by atoms with Crippen LogP contribution in [0.2, 0.25) is 5.02 Å². The van der Waals surface area contributed by atoms with E-state index in [1.54, 1.807) is 6.92 Å². The van der Waals surface area contributed by atoms with Crippen molar-refractivity contribution in [3.8, 4) is 0 Å². The normalized spacial score (nSPS) is 15.9. The van der Waals surface area contributed by atoms with E-state index >= 15 is 0 Å². The lowest BCUT2D eigenvalue weighted by Crippen LogP contribution is -2.26. The Morgan fingerprint density at radius 1 is 1.39 bits per heavy atom. The van der Waals surface area contributed by atoms with Crippen molar-refractivity contribution >= 4 is 23.0 Å². The summed E-state index contributed by atoms with van der Waals surface area (Å²) in [5, 5.41) is 11.9. The maximum absolute atomic E-state index is 7.77. The minimum atomic E-state index is 0.543. The van der Waals surface area contributed by atoms with Crippen LogP contribution >= 0.6 is 11.6 Å². The van der Waals surface area contributed by atoms with E-state index in [0.29, 0.717) is 10.7 Å². The molecule has 1 aliphatic rings. The Morgan fingerprint density at radius 3 is 2.78 bits per heavy atom. The van der Waals surface area contributed by atoms with Crippen molar-refractivity contribution < 1.29 is 0 Å². The topological polar surface area (TPSA) is 39.1 Å². The molecule has 3 nitrogen and oxygen atoms in total. The highest BCUT2D eigenvalue weighted by Crippen LogP contribution is 2.21. The maximum atomic E-state index is 7.77. The predicted molar refractivity (Wildman–Crippen MR) is 78.1 cm³/mol. The van der Waals surface area contributed by atoms with Gasteiger partial charge in [0.1, 0.15) is 0 Å². The molecule has 1 saturated heterocycles. The molecular weight excluding hydrogens is 246 g/mol. The van der Waals surface area contributed by atoms with Crippen molar-refractivity contribution in [2.24, 2.45) is 0 Å². The number of halogens is 1. The SMILES string of the molecule is CC(=N)c1cc(Cl)ccc1NCCN1CCCC1. The molecule has 0 radical (unpaired) electrons. The monoisotopic (exact) mass is 265 g/mol. The van der Waals surface area contributed by atoms with Crippen molar-refractivity contribution in [2.45, 2.75) is 19.8 Å². The zero-order chi connectivity index (χ0) is 13.0. The molecule has 1 aromatic carbocycles. The van der Waals surface area contributed by atoms with Crippen LogP contribution in [0.4, 0.5) is 5.69 Å². The van der Waals surface area contributed by atoms with Crippen LogP contribution in [0.15, 0.2) is 18.2 Å². The van der Waals surface area contributed by atoms with Crippen molar-refractivity contribution in [2.75, 3.05) is 31.5 Å². The Morgan fingerprint density at radius 2 is 2.11 bits per heavy atom. The highest BCUT2D eigenvalue weighted by Gasteiger charge is 2.11. The summed E-state index contributed by atoms with van der Waals surface area (Å²) in [7, 11) is 0. The summed E-state index contributed by atoms with van der Waals surface area (Å²) >= 11 is 5.97. The first-order chi connectivity index (χ1) is 8.66. The molecular formula is C14H20ClN3. The van der Waals surface area contributed by atoms with Gasteiger partial charge in [-0.25, -0.2) is 0 Å². The minimum absolute atomic E-state index is 0.543. The van der Waals surface area contributed by atoms with Gasteiger partial charge in [0, 0.05) is 35.1 Å². The minimum Gasteiger partial charge on any atom is -0.383 e. The second kappa shape index (κ2) is 6.21. The number of nitrogens with zero attached hydrogens (tertiary/aromatic N) is 1. The molecule has 2 rings (SSSR count). The van der Waals surface area contributed by atoms with E-state index in [1.165, 1.54) is 25.9 Å². The molecule has 98 valence electrons. The molecule has 1 fully saturated rings. The molecule has 0 bridgehead atoms. The number of anilines is 1. The van der Waals surface area contributed by atoms with Gasteiger partial charge in [-0.1, -0.05) is 11.6 Å². The molecule has 0 amide bonds. The number of hydrogen-bond acceptors (Lipinski definition) is 3. The van der Waals surface area contributed by atoms with Crippen LogP contribution in [0.25, 0.3) is 0 Å². The average molecular weight is 266 g/mol. The number of benzene rings is 1. The molecule has 1 heterocycles. The summed E-state index contributed by atoms with van der Waals surface area (Å²) in [4.78, 5) is 2.47. The van der Waals surface area contributed by atoms with Gasteiger partial charge in [0.25, 0.3) is 0 Å². The van der Waals surface area contributed by atoms with Gasteiger partial charge in [0.15, 0.2) is 0 Å². The molecule has 0 atom stereocenters. The van der Waals surface area contributed by atoms with E-state index in [0.717, 1.165) is 24.3 Å². The van der Waals surface area contributed by atoms with Crippen LogP contribution in [0.1, 0.15) is 25.3 Å². The van der Waals surface area contributed by atoms with Gasteiger partial charge < -0.3 is 15.6 Å². The molecule has 0 saturated carbocycles. The van der Waals surface area contributed by atoms with E-state index in [-0.39, 0.29) is 0 Å². The van der Waals surface area contributed by atoms with Crippen LogP contribution in [0.5, 0.6) is 0 Å². The number of nitrogens with one attached hydrogen (secondary N) is 2. The van der Waals surface area contributed by atoms with Gasteiger partial charge in [0.2, 0.25) is 0 Å². The van der Waals surface area contributed by atoms with Crippen LogP contribution in [-0.4, -0.2) is 36.8 Å². The van der Waals surface area contributed by atoms with Crippen LogP contribution in [0.3, 0.4) is 0 Å². The molecule has 0 unspecified atom stereocenters. The van der Waals surface area contributed by atoms with Gasteiger partial charge in [-0.15, -0.1) is 0 Å². The summed E-state index contributed by atoms with van der Waals surface area (Å²) in [6.07, 6.45) is 2.65. The fourth-order valence-electron chi connectivity index (χ4n) is 2.34. The zero-order valence-corrected chi connectivity index (χ0v) is 11.6. The van der Waals surface area contributed by atoms with Crippen LogP contribution in [0, 0.1) is 5.41 Å². The van der Waals surface area contributed by atoms with Crippen LogP contribution < -0.4 is 5.32 Å². The molecule has 18 heavy (non-hydrogen) atoms. The van der Waals surface area contributed by atoms with Crippen molar-refractivity contribution in [1.29, 1.82) is 5.41 Å². The second-order valence-electron chi connectivity index (χ2n) is 4.79. The quantitative estimate of drug-likeness (QED) is 0.803. The average Bonchev–Trinajstić information content (AvgIpc) is 2.84. The van der Waals surface area contributed by atoms with Gasteiger partial charge >= 0.3 is 0 Å². The smallest absolute Gasteiger partial charge is 0.0433 e. The lowest BCUT2D eigenvalue weighted by molar-refractivity contribution is 0.352. The fourth-order valence-corrected chi connectivity index (χ4v) is 2.51. The fraction of sp³-hybridized carbons (Fsp3) is 0.500. The van der Waals surface area contributed by atoms with E-state index in [1.807, 2.05) is 18.2 Å². The Hall–Kier alpha value is -1.06. The summed E-state index contributed by atoms with van der Waals surface area (Å²) in [5.41, 5.74) is 2.44. The Labute approximate surface area is 114 Å². The molecule has 1 aromatic rings. The highest BCUT2D eigenvalue weighted by atomic mass is 35.5. The van der Waals surface area contributed by atoms with Gasteiger partial charge in [-0.3, -0.25) is 0 Å². The molecule has 2 N–H and O–H groups in total. The first-order valence-corrected chi connectivity index (χ1v) is 6.86. The van der Waals surface area contributed by atoms with E-state index in [9.17, 15) is 0 Å². The van der Waals surface area contributed by atoms with Gasteiger partial charge in [-0.2, -0.15) is 0 Å². The first-order valence-electron chi connectivity index (χ1n) is 6.48. The van der Waals surface area contributed by atoms with Gasteiger partial charge in [-0.05, 0) is 51.1 Å². The van der Waals surface area contributed by atoms with Crippen molar-refractivity contribution in [3.05, 3.63) is 28.8 Å². The molecule has 0 aliphatic carbocycles. The Bertz CT molecular complexity index is 425. The third-order valence-corrected chi connectivity index (χ3v) is 3.56. The Balaban J connectivity index is 1.93. The zero-order valence-electron chi connectivity index (χ0n) is 10.8. The summed E-state index contributed by atoms with van der Waals surface area (Å²) in [5.74, 6) is 0. The lowest BCUT2D eigenvalue weighted by Gasteiger charge is -2.17. The molecule has 4 heteroatoms.